The molecule has 0 saturated carbocycles. The average molecular weight is 413 g/mol. The fraction of sp³-hybridized carbons (Fsp3) is 0.350. The van der Waals surface area contributed by atoms with E-state index < -0.39 is 17.6 Å². The zero-order chi connectivity index (χ0) is 20.1. The summed E-state index contributed by atoms with van der Waals surface area (Å²) in [4.78, 5) is 15.7. The molecule has 1 aliphatic rings. The summed E-state index contributed by atoms with van der Waals surface area (Å²) in [5.74, 6) is -0.399. The first kappa shape index (κ1) is 20.5. The number of anilines is 2. The molecule has 0 atom stereocenters. The zero-order valence-electron chi connectivity index (χ0n) is 15.2. The van der Waals surface area contributed by atoms with Crippen LogP contribution in [-0.2, 0) is 11.0 Å². The number of carbonyl (C=O) groups excluding carboxylic acids is 1. The normalized spacial score (nSPS) is 15.5. The average Bonchev–Trinajstić information content (AvgIpc) is 2.67. The number of alkyl halides is 3. The van der Waals surface area contributed by atoms with Gasteiger partial charge in [0.15, 0.2) is 0 Å². The first-order valence-corrected chi connectivity index (χ1v) is 9.51. The van der Waals surface area contributed by atoms with Crippen LogP contribution < -0.4 is 15.1 Å². The molecular formula is C20H22ClF3N3O+. The van der Waals surface area contributed by atoms with E-state index in [-0.39, 0.29) is 12.1 Å². The molecule has 8 heteroatoms. The van der Waals surface area contributed by atoms with E-state index in [9.17, 15) is 18.0 Å². The van der Waals surface area contributed by atoms with Gasteiger partial charge in [-0.15, -0.1) is 0 Å². The number of benzene rings is 2. The lowest BCUT2D eigenvalue weighted by molar-refractivity contribution is -0.900. The summed E-state index contributed by atoms with van der Waals surface area (Å²) < 4.78 is 39.0. The van der Waals surface area contributed by atoms with Crippen molar-refractivity contribution in [2.75, 3.05) is 42.9 Å². The van der Waals surface area contributed by atoms with Crippen LogP contribution in [0.25, 0.3) is 0 Å². The number of para-hydroxylation sites is 1. The van der Waals surface area contributed by atoms with Crippen LogP contribution in [0.2, 0.25) is 5.02 Å². The number of nitrogens with zero attached hydrogens (tertiary/aromatic N) is 1. The number of carbonyl (C=O) groups is 1. The highest BCUT2D eigenvalue weighted by Gasteiger charge is 2.33. The van der Waals surface area contributed by atoms with E-state index in [1.165, 1.54) is 23.1 Å². The van der Waals surface area contributed by atoms with E-state index >= 15 is 0 Å². The lowest BCUT2D eigenvalue weighted by Crippen LogP contribution is -3.15. The Morgan fingerprint density at radius 1 is 1.07 bits per heavy atom. The maximum absolute atomic E-state index is 13.0. The minimum Gasteiger partial charge on any atom is -0.360 e. The molecule has 0 unspecified atom stereocenters. The molecule has 0 radical (unpaired) electrons. The Balaban J connectivity index is 1.47. The second-order valence-corrected chi connectivity index (χ2v) is 7.24. The number of amides is 1. The molecule has 0 aliphatic carbocycles. The number of quaternary nitrogens is 1. The van der Waals surface area contributed by atoms with E-state index in [4.69, 9.17) is 11.6 Å². The number of piperazine rings is 1. The summed E-state index contributed by atoms with van der Waals surface area (Å²) in [6.45, 7) is 4.05. The molecule has 2 aromatic rings. The molecule has 4 nitrogen and oxygen atoms in total. The van der Waals surface area contributed by atoms with Crippen molar-refractivity contribution in [3.05, 3.63) is 59.1 Å². The van der Waals surface area contributed by atoms with Crippen molar-refractivity contribution in [3.8, 4) is 0 Å². The van der Waals surface area contributed by atoms with E-state index in [0.717, 1.165) is 37.9 Å². The van der Waals surface area contributed by atoms with Gasteiger partial charge < -0.3 is 15.1 Å². The highest BCUT2D eigenvalue weighted by atomic mass is 35.5. The summed E-state index contributed by atoms with van der Waals surface area (Å²) >= 11 is 5.91. The SMILES string of the molecule is O=C(CC[NH+]1CCN(c2ccc(Cl)cc2)CC1)Nc1ccccc1C(F)(F)F. The minimum absolute atomic E-state index is 0.183. The van der Waals surface area contributed by atoms with Crippen molar-refractivity contribution in [2.45, 2.75) is 12.6 Å². The molecule has 3 rings (SSSR count). The fourth-order valence-corrected chi connectivity index (χ4v) is 3.45. The summed E-state index contributed by atoms with van der Waals surface area (Å²) in [5.41, 5.74) is 0.0970. The predicted octanol–water partition coefficient (Wildman–Crippen LogP) is 3.09. The summed E-state index contributed by atoms with van der Waals surface area (Å²) in [5, 5.41) is 3.10. The third-order valence-corrected chi connectivity index (χ3v) is 5.13. The molecule has 0 bridgehead atoms. The topological polar surface area (TPSA) is 36.8 Å². The van der Waals surface area contributed by atoms with E-state index in [1.807, 2.05) is 24.3 Å². The van der Waals surface area contributed by atoms with Crippen LogP contribution in [0, 0.1) is 0 Å². The monoisotopic (exact) mass is 412 g/mol. The lowest BCUT2D eigenvalue weighted by atomic mass is 10.1. The second-order valence-electron chi connectivity index (χ2n) is 6.80. The van der Waals surface area contributed by atoms with Crippen molar-refractivity contribution in [1.29, 1.82) is 0 Å². The standard InChI is InChI=1S/C20H21ClF3N3O/c21-15-5-7-16(8-6-15)27-13-11-26(12-14-27)10-9-19(28)25-18-4-2-1-3-17(18)20(22,23)24/h1-8H,9-14H2,(H,25,28)/p+1. The number of hydrogen-bond acceptors (Lipinski definition) is 2. The van der Waals surface area contributed by atoms with Crippen molar-refractivity contribution in [3.63, 3.8) is 0 Å². The third-order valence-electron chi connectivity index (χ3n) is 4.87. The Morgan fingerprint density at radius 2 is 1.71 bits per heavy atom. The molecule has 1 aliphatic heterocycles. The van der Waals surface area contributed by atoms with Crippen LogP contribution in [0.1, 0.15) is 12.0 Å². The van der Waals surface area contributed by atoms with Crippen LogP contribution in [0.3, 0.4) is 0 Å². The number of rotatable bonds is 5. The molecule has 150 valence electrons. The Hall–Kier alpha value is -2.25. The van der Waals surface area contributed by atoms with Crippen LogP contribution in [-0.4, -0.2) is 38.6 Å². The van der Waals surface area contributed by atoms with Gasteiger partial charge in [0.05, 0.1) is 50.4 Å². The first-order valence-electron chi connectivity index (χ1n) is 9.13. The molecule has 1 heterocycles. The smallest absolute Gasteiger partial charge is 0.360 e. The van der Waals surface area contributed by atoms with Gasteiger partial charge in [-0.25, -0.2) is 0 Å². The Morgan fingerprint density at radius 3 is 2.36 bits per heavy atom. The minimum atomic E-state index is -4.49. The summed E-state index contributed by atoms with van der Waals surface area (Å²) in [6, 6.07) is 12.7. The molecule has 2 N–H and O–H groups in total. The Labute approximate surface area is 166 Å². The van der Waals surface area contributed by atoms with Gasteiger partial charge in [0, 0.05) is 10.7 Å². The van der Waals surface area contributed by atoms with Gasteiger partial charge in [-0.05, 0) is 36.4 Å². The Kier molecular flexibility index (Phi) is 6.46. The Bertz CT molecular complexity index is 803. The van der Waals surface area contributed by atoms with Crippen LogP contribution in [0.4, 0.5) is 24.5 Å². The molecule has 2 aromatic carbocycles. The van der Waals surface area contributed by atoms with Gasteiger partial charge in [-0.1, -0.05) is 23.7 Å². The third kappa shape index (κ3) is 5.39. The second kappa shape index (κ2) is 8.84. The molecule has 0 spiro atoms. The van der Waals surface area contributed by atoms with Gasteiger partial charge in [0.25, 0.3) is 0 Å². The molecule has 1 amide bonds. The van der Waals surface area contributed by atoms with Crippen LogP contribution >= 0.6 is 11.6 Å². The molecule has 1 saturated heterocycles. The van der Waals surface area contributed by atoms with Crippen molar-refractivity contribution in [1.82, 2.24) is 0 Å². The maximum Gasteiger partial charge on any atom is 0.418 e. The summed E-state index contributed by atoms with van der Waals surface area (Å²) in [7, 11) is 0. The van der Waals surface area contributed by atoms with Gasteiger partial charge in [0.1, 0.15) is 0 Å². The fourth-order valence-electron chi connectivity index (χ4n) is 3.33. The largest absolute Gasteiger partial charge is 0.418 e. The molecule has 0 aromatic heterocycles. The van der Waals surface area contributed by atoms with Crippen molar-refractivity contribution in [2.24, 2.45) is 0 Å². The van der Waals surface area contributed by atoms with Crippen molar-refractivity contribution >= 4 is 28.9 Å². The maximum atomic E-state index is 13.0. The number of nitrogens with one attached hydrogen (secondary N) is 2. The highest BCUT2D eigenvalue weighted by Crippen LogP contribution is 2.34. The molecular weight excluding hydrogens is 391 g/mol. The zero-order valence-corrected chi connectivity index (χ0v) is 16.0. The van der Waals surface area contributed by atoms with Gasteiger partial charge in [-0.2, -0.15) is 13.2 Å². The van der Waals surface area contributed by atoms with Gasteiger partial charge in [0.2, 0.25) is 5.91 Å². The van der Waals surface area contributed by atoms with Crippen LogP contribution in [0.5, 0.6) is 0 Å². The number of hydrogen-bond donors (Lipinski definition) is 2. The molecule has 1 fully saturated rings. The summed E-state index contributed by atoms with van der Waals surface area (Å²) in [6.07, 6.45) is -4.31. The highest BCUT2D eigenvalue weighted by molar-refractivity contribution is 6.30. The van der Waals surface area contributed by atoms with E-state index in [1.54, 1.807) is 0 Å². The number of halogens is 4. The first-order chi connectivity index (χ1) is 13.3. The lowest BCUT2D eigenvalue weighted by Gasteiger charge is -2.33. The molecule has 28 heavy (non-hydrogen) atoms. The van der Waals surface area contributed by atoms with Gasteiger partial charge >= 0.3 is 6.18 Å². The van der Waals surface area contributed by atoms with E-state index in [2.05, 4.69) is 10.2 Å². The van der Waals surface area contributed by atoms with Crippen LogP contribution in [0.15, 0.2) is 48.5 Å². The quantitative estimate of drug-likeness (QED) is 0.792. The van der Waals surface area contributed by atoms with E-state index in [0.29, 0.717) is 11.6 Å². The van der Waals surface area contributed by atoms with Crippen molar-refractivity contribution < 1.29 is 22.9 Å². The predicted molar refractivity (Wildman–Crippen MR) is 104 cm³/mol. The van der Waals surface area contributed by atoms with Gasteiger partial charge in [-0.3, -0.25) is 4.79 Å².